The van der Waals surface area contributed by atoms with E-state index in [1.807, 2.05) is 0 Å². The summed E-state index contributed by atoms with van der Waals surface area (Å²) < 4.78 is 1.57. The van der Waals surface area contributed by atoms with Crippen LogP contribution in [-0.4, -0.2) is 37.8 Å². The minimum atomic E-state index is -0.645. The number of carbonyl (C=O) groups is 3. The fourth-order valence-electron chi connectivity index (χ4n) is 1.98. The maximum atomic E-state index is 11.6. The van der Waals surface area contributed by atoms with Crippen molar-refractivity contribution in [3.05, 3.63) is 11.4 Å². The number of nitrogens with zero attached hydrogens (tertiary/aromatic N) is 4. The fraction of sp³-hybridized carbons (Fsp3) is 0.583. The van der Waals surface area contributed by atoms with Gasteiger partial charge < -0.3 is 4.84 Å². The molecule has 0 aromatic carbocycles. The van der Waals surface area contributed by atoms with E-state index in [1.165, 1.54) is 0 Å². The van der Waals surface area contributed by atoms with Crippen LogP contribution in [0, 0.1) is 0 Å². The van der Waals surface area contributed by atoms with Gasteiger partial charge in [-0.25, -0.2) is 9.48 Å². The number of aromatic nitrogens is 3. The Morgan fingerprint density at radius 2 is 1.86 bits per heavy atom. The summed E-state index contributed by atoms with van der Waals surface area (Å²) >= 11 is 11.5. The van der Waals surface area contributed by atoms with Crippen molar-refractivity contribution in [2.45, 2.75) is 44.0 Å². The number of aryl methyl sites for hydroxylation is 1. The fourth-order valence-corrected chi connectivity index (χ4v) is 2.48. The van der Waals surface area contributed by atoms with E-state index in [0.717, 1.165) is 0 Å². The lowest BCUT2D eigenvalue weighted by atomic mass is 10.3. The van der Waals surface area contributed by atoms with Gasteiger partial charge >= 0.3 is 5.97 Å². The van der Waals surface area contributed by atoms with Crippen molar-refractivity contribution in [2.24, 2.45) is 0 Å². The standard InChI is InChI=1S/C12H14Cl2N4O4/c13-6-8-9(7-14)17(16-15-8)5-1-2-12(21)22-18-10(19)3-4-11(18)20/h1-7H2. The van der Waals surface area contributed by atoms with E-state index in [0.29, 0.717) is 29.4 Å². The zero-order chi connectivity index (χ0) is 16.1. The summed E-state index contributed by atoms with van der Waals surface area (Å²) in [6, 6.07) is 0. The highest BCUT2D eigenvalue weighted by molar-refractivity contribution is 6.18. The molecule has 1 aromatic heterocycles. The van der Waals surface area contributed by atoms with Crippen molar-refractivity contribution in [3.63, 3.8) is 0 Å². The highest BCUT2D eigenvalue weighted by atomic mass is 35.5. The molecule has 1 saturated heterocycles. The molecule has 0 spiro atoms. The summed E-state index contributed by atoms with van der Waals surface area (Å²) in [5.74, 6) is -1.20. The second-order valence-corrected chi connectivity index (χ2v) is 5.16. The van der Waals surface area contributed by atoms with Crippen molar-refractivity contribution in [2.75, 3.05) is 0 Å². The number of carbonyl (C=O) groups excluding carboxylic acids is 3. The van der Waals surface area contributed by atoms with Crippen molar-refractivity contribution < 1.29 is 19.2 Å². The molecule has 0 unspecified atom stereocenters. The minimum Gasteiger partial charge on any atom is -0.330 e. The number of imide groups is 1. The van der Waals surface area contributed by atoms with Gasteiger partial charge in [-0.15, -0.1) is 33.4 Å². The Morgan fingerprint density at radius 1 is 1.18 bits per heavy atom. The number of hydrogen-bond acceptors (Lipinski definition) is 6. The normalized spacial score (nSPS) is 14.7. The number of alkyl halides is 2. The molecule has 2 rings (SSSR count). The zero-order valence-corrected chi connectivity index (χ0v) is 13.1. The van der Waals surface area contributed by atoms with Crippen LogP contribution >= 0.6 is 23.2 Å². The lowest BCUT2D eigenvalue weighted by molar-refractivity contribution is -0.197. The first-order valence-electron chi connectivity index (χ1n) is 6.66. The number of hydrogen-bond donors (Lipinski definition) is 0. The van der Waals surface area contributed by atoms with E-state index in [9.17, 15) is 14.4 Å². The maximum Gasteiger partial charge on any atom is 0.333 e. The number of rotatable bonds is 7. The summed E-state index contributed by atoms with van der Waals surface area (Å²) in [6.07, 6.45) is 0.593. The maximum absolute atomic E-state index is 11.6. The summed E-state index contributed by atoms with van der Waals surface area (Å²) in [4.78, 5) is 39.0. The van der Waals surface area contributed by atoms with Crippen molar-refractivity contribution in [1.29, 1.82) is 0 Å². The Hall–Kier alpha value is -1.67. The lowest BCUT2D eigenvalue weighted by Gasteiger charge is -2.12. The van der Waals surface area contributed by atoms with Gasteiger partial charge in [0.05, 0.1) is 17.5 Å². The average Bonchev–Trinajstić information content (AvgIpc) is 3.04. The predicted molar refractivity (Wildman–Crippen MR) is 75.5 cm³/mol. The molecule has 10 heteroatoms. The minimum absolute atomic E-state index is 0.0366. The Balaban J connectivity index is 1.81. The van der Waals surface area contributed by atoms with Crippen LogP contribution in [0.3, 0.4) is 0 Å². The van der Waals surface area contributed by atoms with Crippen LogP contribution in [0.25, 0.3) is 0 Å². The molecular weight excluding hydrogens is 335 g/mol. The van der Waals surface area contributed by atoms with Crippen molar-refractivity contribution >= 4 is 41.0 Å². The molecule has 1 fully saturated rings. The molecule has 0 aliphatic carbocycles. The van der Waals surface area contributed by atoms with Crippen LogP contribution in [0.2, 0.25) is 0 Å². The van der Waals surface area contributed by atoms with E-state index in [4.69, 9.17) is 28.0 Å². The van der Waals surface area contributed by atoms with Gasteiger partial charge in [0.15, 0.2) is 0 Å². The van der Waals surface area contributed by atoms with Gasteiger partial charge in [-0.2, -0.15) is 0 Å². The highest BCUT2D eigenvalue weighted by Gasteiger charge is 2.32. The van der Waals surface area contributed by atoms with Crippen LogP contribution in [0.1, 0.15) is 37.1 Å². The summed E-state index contributed by atoms with van der Waals surface area (Å²) in [5.41, 5.74) is 1.31. The molecule has 0 N–H and O–H groups in total. The van der Waals surface area contributed by atoms with E-state index in [1.54, 1.807) is 4.68 Å². The van der Waals surface area contributed by atoms with E-state index < -0.39 is 17.8 Å². The Kier molecular flexibility index (Phi) is 5.73. The molecule has 2 heterocycles. The van der Waals surface area contributed by atoms with Crippen LogP contribution in [0.5, 0.6) is 0 Å². The number of amides is 2. The quantitative estimate of drug-likeness (QED) is 0.541. The smallest absolute Gasteiger partial charge is 0.330 e. The molecule has 8 nitrogen and oxygen atoms in total. The Morgan fingerprint density at radius 3 is 2.45 bits per heavy atom. The zero-order valence-electron chi connectivity index (χ0n) is 11.6. The van der Waals surface area contributed by atoms with Crippen LogP contribution < -0.4 is 0 Å². The van der Waals surface area contributed by atoms with Gasteiger partial charge in [-0.05, 0) is 6.42 Å². The predicted octanol–water partition coefficient (Wildman–Crippen LogP) is 1.14. The molecule has 2 amide bonds. The van der Waals surface area contributed by atoms with Crippen LogP contribution in [-0.2, 0) is 37.5 Å². The topological polar surface area (TPSA) is 94.4 Å². The highest BCUT2D eigenvalue weighted by Crippen LogP contribution is 2.14. The van der Waals surface area contributed by atoms with Gasteiger partial charge in [0.1, 0.15) is 5.69 Å². The molecule has 0 bridgehead atoms. The molecule has 1 aliphatic rings. The largest absolute Gasteiger partial charge is 0.333 e. The molecule has 1 aliphatic heterocycles. The monoisotopic (exact) mass is 348 g/mol. The third-order valence-electron chi connectivity index (χ3n) is 3.12. The van der Waals surface area contributed by atoms with Gasteiger partial charge in [0.25, 0.3) is 11.8 Å². The summed E-state index contributed by atoms with van der Waals surface area (Å²) in [5, 5.41) is 8.33. The number of hydroxylamine groups is 2. The third kappa shape index (κ3) is 3.75. The van der Waals surface area contributed by atoms with Gasteiger partial charge in [-0.3, -0.25) is 9.59 Å². The second kappa shape index (κ2) is 7.55. The van der Waals surface area contributed by atoms with E-state index in [-0.39, 0.29) is 31.0 Å². The van der Waals surface area contributed by atoms with E-state index >= 15 is 0 Å². The lowest BCUT2D eigenvalue weighted by Crippen LogP contribution is -2.32. The van der Waals surface area contributed by atoms with Gasteiger partial charge in [-0.1, -0.05) is 5.21 Å². The molecular formula is C12H14Cl2N4O4. The first-order valence-corrected chi connectivity index (χ1v) is 7.73. The molecule has 1 aromatic rings. The van der Waals surface area contributed by atoms with Crippen LogP contribution in [0.15, 0.2) is 0 Å². The third-order valence-corrected chi connectivity index (χ3v) is 3.63. The van der Waals surface area contributed by atoms with Gasteiger partial charge in [0, 0.05) is 25.8 Å². The van der Waals surface area contributed by atoms with E-state index in [2.05, 4.69) is 10.3 Å². The summed E-state index contributed by atoms with van der Waals surface area (Å²) in [6.45, 7) is 0.406. The number of halogens is 2. The van der Waals surface area contributed by atoms with Crippen molar-refractivity contribution in [1.82, 2.24) is 20.1 Å². The summed E-state index contributed by atoms with van der Waals surface area (Å²) in [7, 11) is 0. The SMILES string of the molecule is O=C(CCCn1nnc(CCl)c1CCl)ON1C(=O)CCC1=O. The van der Waals surface area contributed by atoms with Crippen molar-refractivity contribution in [3.8, 4) is 0 Å². The molecule has 0 atom stereocenters. The Bertz CT molecular complexity index is 574. The molecule has 0 saturated carbocycles. The molecule has 22 heavy (non-hydrogen) atoms. The first kappa shape index (κ1) is 16.7. The Labute approximate surface area is 136 Å². The van der Waals surface area contributed by atoms with Crippen LogP contribution in [0.4, 0.5) is 0 Å². The first-order chi connectivity index (χ1) is 10.6. The average molecular weight is 349 g/mol. The molecule has 120 valence electrons. The van der Waals surface area contributed by atoms with Gasteiger partial charge in [0.2, 0.25) is 0 Å². The molecule has 0 radical (unpaired) electrons. The second-order valence-electron chi connectivity index (χ2n) is 4.62.